The summed E-state index contributed by atoms with van der Waals surface area (Å²) in [4.78, 5) is 13.7. The first-order valence-electron chi connectivity index (χ1n) is 10.4. The van der Waals surface area contributed by atoms with E-state index in [9.17, 15) is 4.79 Å². The number of hydrogen-bond acceptors (Lipinski definition) is 4. The van der Waals surface area contributed by atoms with Gasteiger partial charge in [0.2, 0.25) is 5.91 Å². The van der Waals surface area contributed by atoms with Gasteiger partial charge in [0.1, 0.15) is 0 Å². The number of carbonyl (C=O) groups is 1. The van der Waals surface area contributed by atoms with E-state index in [1.165, 1.54) is 30.9 Å². The van der Waals surface area contributed by atoms with Crippen LogP contribution in [-0.2, 0) is 11.3 Å². The number of piperidine rings is 1. The number of anilines is 1. The van der Waals surface area contributed by atoms with Crippen LogP contribution in [0.4, 0.5) is 5.69 Å². The van der Waals surface area contributed by atoms with E-state index in [1.807, 2.05) is 24.3 Å². The zero-order valence-electron chi connectivity index (χ0n) is 16.8. The monoisotopic (exact) mass is 412 g/mol. The quantitative estimate of drug-likeness (QED) is 0.699. The summed E-state index contributed by atoms with van der Waals surface area (Å²) in [6.45, 7) is 5.66. The molecule has 2 fully saturated rings. The number of amides is 1. The van der Waals surface area contributed by atoms with Gasteiger partial charge in [-0.05, 0) is 60.7 Å². The van der Waals surface area contributed by atoms with Gasteiger partial charge in [0, 0.05) is 49.2 Å². The Morgan fingerprint density at radius 2 is 1.93 bits per heavy atom. The van der Waals surface area contributed by atoms with Gasteiger partial charge in [0.25, 0.3) is 0 Å². The molecule has 0 saturated carbocycles. The van der Waals surface area contributed by atoms with Crippen molar-refractivity contribution in [2.45, 2.75) is 38.3 Å². The molecule has 1 amide bonds. The van der Waals surface area contributed by atoms with Gasteiger partial charge >= 0.3 is 0 Å². The third-order valence-corrected chi connectivity index (χ3v) is 6.30. The highest BCUT2D eigenvalue weighted by molar-refractivity contribution is 6.30. The van der Waals surface area contributed by atoms with Gasteiger partial charge in [-0.25, -0.2) is 0 Å². The van der Waals surface area contributed by atoms with Crippen molar-refractivity contribution in [3.8, 4) is 0 Å². The standard InChI is InChI=1S/C23H29ClN4O/c1-16(29)26-21-10-4-17(5-11-21)14-28-12-2-3-19(15-28)23-22(13-25-27-23)18-6-8-20(24)9-7-18/h4-11,19,22-23,25,27H,2-3,12-15H2,1H3,(H,26,29). The van der Waals surface area contributed by atoms with Gasteiger partial charge in [-0.1, -0.05) is 35.9 Å². The van der Waals surface area contributed by atoms with E-state index in [2.05, 4.69) is 45.3 Å². The first kappa shape index (κ1) is 20.4. The first-order chi connectivity index (χ1) is 14.1. The van der Waals surface area contributed by atoms with Gasteiger partial charge in [-0.15, -0.1) is 0 Å². The van der Waals surface area contributed by atoms with E-state index in [0.29, 0.717) is 17.9 Å². The SMILES string of the molecule is CC(=O)Nc1ccc(CN2CCCC(C3NNCC3c3ccc(Cl)cc3)C2)cc1. The second kappa shape index (κ2) is 9.26. The molecule has 4 rings (SSSR count). The number of nitrogens with one attached hydrogen (secondary N) is 3. The molecule has 0 radical (unpaired) electrons. The molecule has 2 aromatic rings. The lowest BCUT2D eigenvalue weighted by atomic mass is 9.81. The van der Waals surface area contributed by atoms with Crippen LogP contribution < -0.4 is 16.2 Å². The fourth-order valence-electron chi connectivity index (χ4n) is 4.68. The van der Waals surface area contributed by atoms with Crippen molar-refractivity contribution in [2.24, 2.45) is 5.92 Å². The summed E-state index contributed by atoms with van der Waals surface area (Å²) in [5, 5.41) is 3.62. The Morgan fingerprint density at radius 3 is 2.66 bits per heavy atom. The molecule has 0 bridgehead atoms. The van der Waals surface area contributed by atoms with E-state index in [4.69, 9.17) is 11.6 Å². The van der Waals surface area contributed by atoms with Crippen LogP contribution in [0, 0.1) is 5.92 Å². The second-order valence-electron chi connectivity index (χ2n) is 8.22. The van der Waals surface area contributed by atoms with Crippen molar-refractivity contribution < 1.29 is 4.79 Å². The van der Waals surface area contributed by atoms with Crippen LogP contribution in [0.2, 0.25) is 5.02 Å². The molecule has 3 atom stereocenters. The summed E-state index contributed by atoms with van der Waals surface area (Å²) in [5.41, 5.74) is 10.4. The molecule has 29 heavy (non-hydrogen) atoms. The molecule has 0 aliphatic carbocycles. The summed E-state index contributed by atoms with van der Waals surface area (Å²) in [7, 11) is 0. The number of hydrogen-bond donors (Lipinski definition) is 3. The average Bonchev–Trinajstić information content (AvgIpc) is 3.20. The van der Waals surface area contributed by atoms with Gasteiger partial charge in [-0.2, -0.15) is 0 Å². The van der Waals surface area contributed by atoms with Crippen molar-refractivity contribution in [1.29, 1.82) is 0 Å². The molecular weight excluding hydrogens is 384 g/mol. The average molecular weight is 413 g/mol. The number of carbonyl (C=O) groups excluding carboxylic acids is 1. The Morgan fingerprint density at radius 1 is 1.17 bits per heavy atom. The molecule has 2 aliphatic heterocycles. The Kier molecular flexibility index (Phi) is 6.50. The summed E-state index contributed by atoms with van der Waals surface area (Å²) in [5.74, 6) is 1.04. The number of nitrogens with zero attached hydrogens (tertiary/aromatic N) is 1. The number of rotatable bonds is 5. The highest BCUT2D eigenvalue weighted by Crippen LogP contribution is 2.32. The lowest BCUT2D eigenvalue weighted by molar-refractivity contribution is -0.114. The fraction of sp³-hybridized carbons (Fsp3) is 0.435. The molecule has 0 aromatic heterocycles. The van der Waals surface area contributed by atoms with Gasteiger partial charge in [0.15, 0.2) is 0 Å². The number of benzene rings is 2. The number of halogens is 1. The topological polar surface area (TPSA) is 56.4 Å². The second-order valence-corrected chi connectivity index (χ2v) is 8.66. The first-order valence-corrected chi connectivity index (χ1v) is 10.8. The van der Waals surface area contributed by atoms with Crippen LogP contribution in [0.3, 0.4) is 0 Å². The van der Waals surface area contributed by atoms with Crippen LogP contribution in [-0.4, -0.2) is 36.5 Å². The van der Waals surface area contributed by atoms with E-state index in [-0.39, 0.29) is 5.91 Å². The van der Waals surface area contributed by atoms with Crippen LogP contribution in [0.25, 0.3) is 0 Å². The largest absolute Gasteiger partial charge is 0.326 e. The van der Waals surface area contributed by atoms with E-state index in [1.54, 1.807) is 0 Å². The maximum atomic E-state index is 11.2. The van der Waals surface area contributed by atoms with E-state index < -0.39 is 0 Å². The van der Waals surface area contributed by atoms with Crippen molar-refractivity contribution in [3.05, 3.63) is 64.7 Å². The predicted molar refractivity (Wildman–Crippen MR) is 118 cm³/mol. The molecule has 5 nitrogen and oxygen atoms in total. The maximum Gasteiger partial charge on any atom is 0.221 e. The minimum absolute atomic E-state index is 0.0375. The molecule has 2 aliphatic rings. The summed E-state index contributed by atoms with van der Waals surface area (Å²) < 4.78 is 0. The van der Waals surface area contributed by atoms with E-state index >= 15 is 0 Å². The van der Waals surface area contributed by atoms with Crippen molar-refractivity contribution in [2.75, 3.05) is 25.0 Å². The Labute approximate surface area is 177 Å². The number of likely N-dealkylation sites (tertiary alicyclic amines) is 1. The third-order valence-electron chi connectivity index (χ3n) is 6.05. The molecular formula is C23H29ClN4O. The lowest BCUT2D eigenvalue weighted by Crippen LogP contribution is -2.46. The summed E-state index contributed by atoms with van der Waals surface area (Å²) >= 11 is 6.08. The normalized spacial score (nSPS) is 25.1. The van der Waals surface area contributed by atoms with Crippen LogP contribution in [0.1, 0.15) is 36.8 Å². The van der Waals surface area contributed by atoms with E-state index in [0.717, 1.165) is 36.9 Å². The highest BCUT2D eigenvalue weighted by atomic mass is 35.5. The Balaban J connectivity index is 1.38. The van der Waals surface area contributed by atoms with Crippen LogP contribution in [0.15, 0.2) is 48.5 Å². The molecule has 3 N–H and O–H groups in total. The molecule has 6 heteroatoms. The molecule has 154 valence electrons. The summed E-state index contributed by atoms with van der Waals surface area (Å²) in [6.07, 6.45) is 2.47. The lowest BCUT2D eigenvalue weighted by Gasteiger charge is -2.37. The third kappa shape index (κ3) is 5.17. The van der Waals surface area contributed by atoms with Crippen LogP contribution >= 0.6 is 11.6 Å². The van der Waals surface area contributed by atoms with Crippen molar-refractivity contribution in [1.82, 2.24) is 15.8 Å². The zero-order valence-corrected chi connectivity index (χ0v) is 17.6. The molecule has 3 unspecified atom stereocenters. The van der Waals surface area contributed by atoms with Crippen molar-refractivity contribution >= 4 is 23.2 Å². The number of hydrazine groups is 1. The summed E-state index contributed by atoms with van der Waals surface area (Å²) in [6, 6.07) is 16.9. The molecule has 0 spiro atoms. The minimum atomic E-state index is -0.0375. The molecule has 2 saturated heterocycles. The van der Waals surface area contributed by atoms with Crippen LogP contribution in [0.5, 0.6) is 0 Å². The minimum Gasteiger partial charge on any atom is -0.326 e. The van der Waals surface area contributed by atoms with Gasteiger partial charge in [-0.3, -0.25) is 20.5 Å². The fourth-order valence-corrected chi connectivity index (χ4v) is 4.80. The maximum absolute atomic E-state index is 11.2. The van der Waals surface area contributed by atoms with Crippen molar-refractivity contribution in [3.63, 3.8) is 0 Å². The van der Waals surface area contributed by atoms with Gasteiger partial charge in [0.05, 0.1) is 0 Å². The molecule has 2 heterocycles. The predicted octanol–water partition coefficient (Wildman–Crippen LogP) is 3.77. The Hall–Kier alpha value is -1.92. The zero-order chi connectivity index (χ0) is 20.2. The van der Waals surface area contributed by atoms with Gasteiger partial charge < -0.3 is 5.32 Å². The molecule has 2 aromatic carbocycles. The Bertz CT molecular complexity index is 824. The highest BCUT2D eigenvalue weighted by Gasteiger charge is 2.36. The smallest absolute Gasteiger partial charge is 0.221 e.